The van der Waals surface area contributed by atoms with Crippen molar-refractivity contribution in [3.63, 3.8) is 0 Å². The molecule has 0 aliphatic carbocycles. The molecular formula is C13H16ClNO6. The Balaban J connectivity index is 2.97. The average Bonchev–Trinajstić information content (AvgIpc) is 2.43. The second-order valence-corrected chi connectivity index (χ2v) is 4.66. The van der Waals surface area contributed by atoms with E-state index in [2.05, 4.69) is 5.32 Å². The Morgan fingerprint density at radius 3 is 2.43 bits per heavy atom. The molecule has 0 radical (unpaired) electrons. The lowest BCUT2D eigenvalue weighted by atomic mass is 9.99. The van der Waals surface area contributed by atoms with Gasteiger partial charge in [-0.15, -0.1) is 11.6 Å². The quantitative estimate of drug-likeness (QED) is 0.378. The second-order valence-electron chi connectivity index (χ2n) is 4.39. The molecule has 0 saturated heterocycles. The van der Waals surface area contributed by atoms with Crippen LogP contribution in [0.25, 0.3) is 0 Å². The van der Waals surface area contributed by atoms with E-state index in [0.717, 1.165) is 0 Å². The van der Waals surface area contributed by atoms with Crippen molar-refractivity contribution < 1.29 is 30.0 Å². The Morgan fingerprint density at radius 1 is 1.19 bits per heavy atom. The van der Waals surface area contributed by atoms with Crippen LogP contribution >= 0.6 is 11.6 Å². The number of alkyl halides is 1. The molecule has 0 heterocycles. The number of amides is 1. The van der Waals surface area contributed by atoms with Gasteiger partial charge in [0, 0.05) is 18.5 Å². The number of aryl methyl sites for hydroxylation is 1. The van der Waals surface area contributed by atoms with Gasteiger partial charge in [-0.3, -0.25) is 9.59 Å². The largest absolute Gasteiger partial charge is 0.504 e. The van der Waals surface area contributed by atoms with Crippen molar-refractivity contribution in [3.8, 4) is 17.2 Å². The standard InChI is InChI=1S/C13H16ClNO6/c14-5-10(17)15-6-8-7(2-1-3-11(18)19)4-9(16)13(21)12(8)20/h4,16,20-21H,1-3,5-6H2,(H,15,17)(H,18,19). The summed E-state index contributed by atoms with van der Waals surface area (Å²) in [5.41, 5.74) is 0.660. The number of carboxylic acids is 1. The number of nitrogens with one attached hydrogen (secondary N) is 1. The first kappa shape index (κ1) is 16.9. The molecular weight excluding hydrogens is 302 g/mol. The van der Waals surface area contributed by atoms with Crippen LogP contribution in [0.3, 0.4) is 0 Å². The highest BCUT2D eigenvalue weighted by molar-refractivity contribution is 6.27. The van der Waals surface area contributed by atoms with E-state index in [1.807, 2.05) is 0 Å². The number of aliphatic carboxylic acids is 1. The van der Waals surface area contributed by atoms with E-state index in [4.69, 9.17) is 16.7 Å². The van der Waals surface area contributed by atoms with E-state index in [-0.39, 0.29) is 37.3 Å². The molecule has 116 valence electrons. The Morgan fingerprint density at radius 2 is 1.86 bits per heavy atom. The Kier molecular flexibility index (Phi) is 6.10. The summed E-state index contributed by atoms with van der Waals surface area (Å²) in [6.45, 7) is -0.0897. The number of aromatic hydroxyl groups is 3. The zero-order valence-electron chi connectivity index (χ0n) is 11.1. The summed E-state index contributed by atoms with van der Waals surface area (Å²) in [6, 6.07) is 1.24. The third-order valence-corrected chi connectivity index (χ3v) is 3.11. The molecule has 1 rings (SSSR count). The highest BCUT2D eigenvalue weighted by Gasteiger charge is 2.17. The van der Waals surface area contributed by atoms with Gasteiger partial charge in [0.2, 0.25) is 11.7 Å². The minimum absolute atomic E-state index is 0.0735. The van der Waals surface area contributed by atoms with Crippen LogP contribution in [0.2, 0.25) is 0 Å². The number of carboxylic acid groups (broad SMARTS) is 1. The summed E-state index contributed by atoms with van der Waals surface area (Å²) >= 11 is 5.34. The molecule has 0 unspecified atom stereocenters. The van der Waals surface area contributed by atoms with Gasteiger partial charge in [-0.25, -0.2) is 0 Å². The smallest absolute Gasteiger partial charge is 0.303 e. The van der Waals surface area contributed by atoms with Gasteiger partial charge < -0.3 is 25.7 Å². The zero-order valence-corrected chi connectivity index (χ0v) is 11.9. The van der Waals surface area contributed by atoms with Crippen LogP contribution in [-0.4, -0.2) is 38.2 Å². The molecule has 8 heteroatoms. The normalized spacial score (nSPS) is 10.3. The van der Waals surface area contributed by atoms with Gasteiger partial charge in [-0.05, 0) is 24.5 Å². The van der Waals surface area contributed by atoms with Crippen molar-refractivity contribution >= 4 is 23.5 Å². The number of benzene rings is 1. The molecule has 21 heavy (non-hydrogen) atoms. The molecule has 1 aromatic carbocycles. The van der Waals surface area contributed by atoms with Gasteiger partial charge in [0.15, 0.2) is 11.5 Å². The van der Waals surface area contributed by atoms with Gasteiger partial charge >= 0.3 is 5.97 Å². The lowest BCUT2D eigenvalue weighted by molar-refractivity contribution is -0.137. The summed E-state index contributed by atoms with van der Waals surface area (Å²) < 4.78 is 0. The molecule has 0 aliphatic rings. The molecule has 0 aliphatic heterocycles. The number of rotatable bonds is 7. The fourth-order valence-corrected chi connectivity index (χ4v) is 1.92. The van der Waals surface area contributed by atoms with Crippen LogP contribution in [0.5, 0.6) is 17.2 Å². The Bertz CT molecular complexity index is 546. The maximum Gasteiger partial charge on any atom is 0.303 e. The highest BCUT2D eigenvalue weighted by atomic mass is 35.5. The monoisotopic (exact) mass is 317 g/mol. The van der Waals surface area contributed by atoms with E-state index in [0.29, 0.717) is 5.56 Å². The first-order valence-electron chi connectivity index (χ1n) is 6.17. The van der Waals surface area contributed by atoms with E-state index >= 15 is 0 Å². The summed E-state index contributed by atoms with van der Waals surface area (Å²) in [4.78, 5) is 21.7. The molecule has 0 spiro atoms. The molecule has 0 atom stereocenters. The fraction of sp³-hybridized carbons (Fsp3) is 0.385. The van der Waals surface area contributed by atoms with Crippen LogP contribution in [0.1, 0.15) is 24.0 Å². The summed E-state index contributed by atoms with van der Waals surface area (Å²) in [5.74, 6) is -3.41. The average molecular weight is 318 g/mol. The Hall–Kier alpha value is -2.15. The van der Waals surface area contributed by atoms with Gasteiger partial charge in [-0.1, -0.05) is 0 Å². The predicted molar refractivity (Wildman–Crippen MR) is 74.6 cm³/mol. The molecule has 1 amide bonds. The maximum atomic E-state index is 11.1. The van der Waals surface area contributed by atoms with Crippen molar-refractivity contribution in [2.45, 2.75) is 25.8 Å². The van der Waals surface area contributed by atoms with Crippen molar-refractivity contribution in [1.29, 1.82) is 0 Å². The Labute approximate surface area is 125 Å². The summed E-state index contributed by atoms with van der Waals surface area (Å²) in [6.07, 6.45) is 0.477. The SMILES string of the molecule is O=C(O)CCCc1cc(O)c(O)c(O)c1CNC(=O)CCl. The number of halogens is 1. The number of carbonyl (C=O) groups is 2. The van der Waals surface area contributed by atoms with Gasteiger partial charge in [0.25, 0.3) is 0 Å². The van der Waals surface area contributed by atoms with E-state index < -0.39 is 29.1 Å². The topological polar surface area (TPSA) is 127 Å². The predicted octanol–water partition coefficient (Wildman–Crippen LogP) is 1.07. The van der Waals surface area contributed by atoms with Crippen LogP contribution in [0.4, 0.5) is 0 Å². The maximum absolute atomic E-state index is 11.1. The van der Waals surface area contributed by atoms with Gasteiger partial charge in [0.05, 0.1) is 0 Å². The number of hydrogen-bond donors (Lipinski definition) is 5. The number of hydrogen-bond acceptors (Lipinski definition) is 5. The third kappa shape index (κ3) is 4.71. The van der Waals surface area contributed by atoms with Crippen LogP contribution in [0.15, 0.2) is 6.07 Å². The van der Waals surface area contributed by atoms with Crippen LogP contribution in [0, 0.1) is 0 Å². The third-order valence-electron chi connectivity index (χ3n) is 2.87. The summed E-state index contributed by atoms with van der Waals surface area (Å²) in [5, 5.41) is 39.9. The molecule has 7 nitrogen and oxygen atoms in total. The molecule has 1 aromatic rings. The van der Waals surface area contributed by atoms with E-state index in [1.54, 1.807) is 0 Å². The van der Waals surface area contributed by atoms with Crippen LogP contribution < -0.4 is 5.32 Å². The first-order valence-corrected chi connectivity index (χ1v) is 6.70. The molecule has 0 bridgehead atoms. The number of carbonyl (C=O) groups excluding carboxylic acids is 1. The molecule has 0 saturated carbocycles. The molecule has 0 fully saturated rings. The molecule has 0 aromatic heterocycles. The zero-order chi connectivity index (χ0) is 16.0. The van der Waals surface area contributed by atoms with Crippen LogP contribution in [-0.2, 0) is 22.6 Å². The lowest BCUT2D eigenvalue weighted by Crippen LogP contribution is -2.24. The van der Waals surface area contributed by atoms with Gasteiger partial charge in [0.1, 0.15) is 5.88 Å². The van der Waals surface area contributed by atoms with E-state index in [9.17, 15) is 24.9 Å². The number of phenolic OH excluding ortho intramolecular Hbond substituents is 3. The minimum atomic E-state index is -0.959. The second kappa shape index (κ2) is 7.58. The summed E-state index contributed by atoms with van der Waals surface area (Å²) in [7, 11) is 0. The van der Waals surface area contributed by atoms with Crippen molar-refractivity contribution in [2.24, 2.45) is 0 Å². The van der Waals surface area contributed by atoms with Crippen molar-refractivity contribution in [2.75, 3.05) is 5.88 Å². The highest BCUT2D eigenvalue weighted by Crippen LogP contribution is 2.40. The molecule has 5 N–H and O–H groups in total. The first-order chi connectivity index (χ1) is 9.86. The fourth-order valence-electron chi connectivity index (χ4n) is 1.82. The van der Waals surface area contributed by atoms with Crippen molar-refractivity contribution in [3.05, 3.63) is 17.2 Å². The van der Waals surface area contributed by atoms with E-state index in [1.165, 1.54) is 6.07 Å². The van der Waals surface area contributed by atoms with Gasteiger partial charge in [-0.2, -0.15) is 0 Å². The lowest BCUT2D eigenvalue weighted by Gasteiger charge is -2.14. The van der Waals surface area contributed by atoms with Crippen molar-refractivity contribution in [1.82, 2.24) is 5.32 Å². The minimum Gasteiger partial charge on any atom is -0.504 e. The number of phenols is 3.